The van der Waals surface area contributed by atoms with Gasteiger partial charge in [-0.2, -0.15) is 0 Å². The van der Waals surface area contributed by atoms with Gasteiger partial charge in [0.1, 0.15) is 11.5 Å². The first-order chi connectivity index (χ1) is 12.7. The molecule has 0 fully saturated rings. The lowest BCUT2D eigenvalue weighted by Crippen LogP contribution is -2.25. The lowest BCUT2D eigenvalue weighted by atomic mass is 10.3. The van der Waals surface area contributed by atoms with Crippen molar-refractivity contribution in [1.82, 2.24) is 9.88 Å². The fourth-order valence-corrected chi connectivity index (χ4v) is 2.41. The molecule has 1 aromatic carbocycles. The number of rotatable bonds is 8. The van der Waals surface area contributed by atoms with E-state index in [-0.39, 0.29) is 23.8 Å². The third-order valence-corrected chi connectivity index (χ3v) is 3.73. The minimum absolute atomic E-state index is 0.117. The van der Waals surface area contributed by atoms with Crippen molar-refractivity contribution in [2.45, 2.75) is 13.0 Å². The van der Waals surface area contributed by atoms with Crippen LogP contribution < -0.4 is 15.6 Å². The molecule has 0 atom stereocenters. The molecule has 0 spiro atoms. The largest absolute Gasteiger partial charge is 0.494 e. The number of furan rings is 1. The van der Waals surface area contributed by atoms with E-state index < -0.39 is 0 Å². The molecule has 2 aromatic heterocycles. The number of carbonyl (C=O) groups is 1. The normalized spacial score (nSPS) is 10.5. The van der Waals surface area contributed by atoms with Crippen LogP contribution in [0.25, 0.3) is 0 Å². The Labute approximate surface area is 151 Å². The van der Waals surface area contributed by atoms with E-state index in [1.807, 2.05) is 30.3 Å². The van der Waals surface area contributed by atoms with Gasteiger partial charge in [-0.1, -0.05) is 24.3 Å². The molecule has 26 heavy (non-hydrogen) atoms. The molecule has 3 rings (SSSR count). The van der Waals surface area contributed by atoms with E-state index in [9.17, 15) is 9.59 Å². The molecule has 2 heterocycles. The van der Waals surface area contributed by atoms with Crippen LogP contribution in [0.3, 0.4) is 0 Å². The van der Waals surface area contributed by atoms with Gasteiger partial charge >= 0.3 is 0 Å². The average molecular weight is 352 g/mol. The second kappa shape index (κ2) is 8.71. The number of nitrogens with zero attached hydrogens (tertiary/aromatic N) is 1. The lowest BCUT2D eigenvalue weighted by molar-refractivity contribution is 0.0922. The smallest absolute Gasteiger partial charge is 0.286 e. The number of hydrogen-bond donors (Lipinski definition) is 1. The van der Waals surface area contributed by atoms with Crippen molar-refractivity contribution in [1.29, 1.82) is 0 Å². The molecular weight excluding hydrogens is 332 g/mol. The van der Waals surface area contributed by atoms with Crippen molar-refractivity contribution >= 4 is 5.91 Å². The van der Waals surface area contributed by atoms with Gasteiger partial charge in [-0.25, -0.2) is 0 Å². The summed E-state index contributed by atoms with van der Waals surface area (Å²) in [7, 11) is 0. The Bertz CT molecular complexity index is 899. The molecule has 0 saturated carbocycles. The predicted molar refractivity (Wildman–Crippen MR) is 97.4 cm³/mol. The number of aromatic nitrogens is 1. The molecule has 134 valence electrons. The van der Waals surface area contributed by atoms with Gasteiger partial charge in [0.15, 0.2) is 5.76 Å². The van der Waals surface area contributed by atoms with Crippen molar-refractivity contribution < 1.29 is 13.9 Å². The number of para-hydroxylation sites is 1. The molecule has 1 N–H and O–H groups in total. The third-order valence-electron chi connectivity index (χ3n) is 3.73. The van der Waals surface area contributed by atoms with Gasteiger partial charge in [-0.15, -0.1) is 0 Å². The number of nitrogens with one attached hydrogen (secondary N) is 1. The van der Waals surface area contributed by atoms with Gasteiger partial charge in [-0.05, 0) is 36.8 Å². The molecule has 0 aliphatic rings. The fourth-order valence-electron chi connectivity index (χ4n) is 2.41. The number of pyridine rings is 1. The maximum absolute atomic E-state index is 12.1. The standard InChI is InChI=1S/C20H20N2O4/c23-19-9-4-5-13-22(19)15-17-10-11-18(26-17)20(24)21-12-6-14-25-16-7-2-1-3-8-16/h1-5,7-11,13H,6,12,14-15H2,(H,21,24). The van der Waals surface area contributed by atoms with Crippen LogP contribution in [-0.4, -0.2) is 23.6 Å². The number of benzene rings is 1. The van der Waals surface area contributed by atoms with Crippen LogP contribution in [0, 0.1) is 0 Å². The first-order valence-corrected chi connectivity index (χ1v) is 8.42. The molecule has 3 aromatic rings. The lowest BCUT2D eigenvalue weighted by Gasteiger charge is -2.06. The van der Waals surface area contributed by atoms with Gasteiger partial charge in [0, 0.05) is 18.8 Å². The highest BCUT2D eigenvalue weighted by Gasteiger charge is 2.11. The summed E-state index contributed by atoms with van der Waals surface area (Å²) in [6.07, 6.45) is 2.37. The minimum Gasteiger partial charge on any atom is -0.494 e. The summed E-state index contributed by atoms with van der Waals surface area (Å²) in [6, 6.07) is 17.8. The van der Waals surface area contributed by atoms with Crippen LogP contribution in [-0.2, 0) is 6.54 Å². The van der Waals surface area contributed by atoms with E-state index in [2.05, 4.69) is 5.32 Å². The summed E-state index contributed by atoms with van der Waals surface area (Å²) >= 11 is 0. The van der Waals surface area contributed by atoms with Gasteiger partial charge in [0.25, 0.3) is 11.5 Å². The maximum Gasteiger partial charge on any atom is 0.286 e. The average Bonchev–Trinajstić information content (AvgIpc) is 3.13. The summed E-state index contributed by atoms with van der Waals surface area (Å²) in [5, 5.41) is 2.79. The third kappa shape index (κ3) is 4.86. The molecule has 6 heteroatoms. The topological polar surface area (TPSA) is 73.5 Å². The van der Waals surface area contributed by atoms with E-state index in [1.165, 1.54) is 10.6 Å². The Morgan fingerprint density at radius 1 is 1.04 bits per heavy atom. The highest BCUT2D eigenvalue weighted by molar-refractivity contribution is 5.91. The van der Waals surface area contributed by atoms with E-state index in [0.29, 0.717) is 25.3 Å². The number of hydrogen-bond acceptors (Lipinski definition) is 4. The summed E-state index contributed by atoms with van der Waals surface area (Å²) < 4.78 is 12.6. The highest BCUT2D eigenvalue weighted by atomic mass is 16.5. The van der Waals surface area contributed by atoms with Crippen LogP contribution in [0.2, 0.25) is 0 Å². The molecule has 0 aliphatic heterocycles. The molecule has 0 unspecified atom stereocenters. The molecule has 6 nitrogen and oxygen atoms in total. The summed E-state index contributed by atoms with van der Waals surface area (Å²) in [4.78, 5) is 23.8. The Morgan fingerprint density at radius 2 is 1.85 bits per heavy atom. The predicted octanol–water partition coefficient (Wildman–Crippen LogP) is 2.69. The van der Waals surface area contributed by atoms with Crippen LogP contribution >= 0.6 is 0 Å². The van der Waals surface area contributed by atoms with Crippen molar-refractivity contribution in [3.05, 3.63) is 88.7 Å². The highest BCUT2D eigenvalue weighted by Crippen LogP contribution is 2.10. The summed E-state index contributed by atoms with van der Waals surface area (Å²) in [5.41, 5.74) is -0.117. The number of carbonyl (C=O) groups excluding carboxylic acids is 1. The van der Waals surface area contributed by atoms with Crippen LogP contribution in [0.1, 0.15) is 22.7 Å². The van der Waals surface area contributed by atoms with E-state index in [0.717, 1.165) is 5.75 Å². The van der Waals surface area contributed by atoms with Gasteiger partial charge in [0.2, 0.25) is 0 Å². The van der Waals surface area contributed by atoms with Crippen molar-refractivity contribution in [3.8, 4) is 5.75 Å². The zero-order chi connectivity index (χ0) is 18.2. The second-order valence-electron chi connectivity index (χ2n) is 5.70. The quantitative estimate of drug-likeness (QED) is 0.633. The van der Waals surface area contributed by atoms with Crippen LogP contribution in [0.15, 0.2) is 76.1 Å². The van der Waals surface area contributed by atoms with Crippen LogP contribution in [0.5, 0.6) is 5.75 Å². The van der Waals surface area contributed by atoms with E-state index >= 15 is 0 Å². The van der Waals surface area contributed by atoms with Gasteiger partial charge in [0.05, 0.1) is 13.2 Å². The Kier molecular flexibility index (Phi) is 5.88. The van der Waals surface area contributed by atoms with E-state index in [4.69, 9.17) is 9.15 Å². The molecule has 0 bridgehead atoms. The van der Waals surface area contributed by atoms with Crippen molar-refractivity contribution in [2.24, 2.45) is 0 Å². The fraction of sp³-hybridized carbons (Fsp3) is 0.200. The monoisotopic (exact) mass is 352 g/mol. The van der Waals surface area contributed by atoms with Gasteiger partial charge in [-0.3, -0.25) is 9.59 Å². The second-order valence-corrected chi connectivity index (χ2v) is 5.70. The SMILES string of the molecule is O=C(NCCCOc1ccccc1)c1ccc(Cn2ccccc2=O)o1. The van der Waals surface area contributed by atoms with Crippen molar-refractivity contribution in [2.75, 3.05) is 13.2 Å². The first-order valence-electron chi connectivity index (χ1n) is 8.42. The minimum atomic E-state index is -0.281. The Hall–Kier alpha value is -3.28. The molecular formula is C20H20N2O4. The summed E-state index contributed by atoms with van der Waals surface area (Å²) in [6.45, 7) is 1.29. The molecule has 0 radical (unpaired) electrons. The summed E-state index contributed by atoms with van der Waals surface area (Å²) in [5.74, 6) is 1.31. The van der Waals surface area contributed by atoms with Crippen LogP contribution in [0.4, 0.5) is 0 Å². The maximum atomic E-state index is 12.1. The zero-order valence-electron chi connectivity index (χ0n) is 14.3. The molecule has 0 aliphatic carbocycles. The van der Waals surface area contributed by atoms with Gasteiger partial charge < -0.3 is 19.0 Å². The zero-order valence-corrected chi connectivity index (χ0v) is 14.3. The Morgan fingerprint density at radius 3 is 2.65 bits per heavy atom. The molecule has 0 saturated heterocycles. The first kappa shape index (κ1) is 17.5. The Balaban J connectivity index is 1.43. The van der Waals surface area contributed by atoms with E-state index in [1.54, 1.807) is 30.5 Å². The number of ether oxygens (including phenoxy) is 1. The molecule has 1 amide bonds. The number of amides is 1. The van der Waals surface area contributed by atoms with Crippen molar-refractivity contribution in [3.63, 3.8) is 0 Å².